The van der Waals surface area contributed by atoms with Crippen LogP contribution in [-0.2, 0) is 7.05 Å². The third-order valence-electron chi connectivity index (χ3n) is 6.75. The van der Waals surface area contributed by atoms with Crippen LogP contribution in [0.5, 0.6) is 0 Å². The van der Waals surface area contributed by atoms with Gasteiger partial charge in [-0.15, -0.1) is 0 Å². The highest BCUT2D eigenvalue weighted by atomic mass is 16.3. The summed E-state index contributed by atoms with van der Waals surface area (Å²) >= 11 is 0. The lowest BCUT2D eigenvalue weighted by Crippen LogP contribution is -2.31. The van der Waals surface area contributed by atoms with E-state index in [1.165, 1.54) is 12.8 Å². The van der Waals surface area contributed by atoms with Crippen LogP contribution in [0.4, 0.5) is 11.5 Å². The second kappa shape index (κ2) is 10.6. The molecule has 1 amide bonds. The Morgan fingerprint density at radius 1 is 1.17 bits per heavy atom. The number of pyridine rings is 2. The van der Waals surface area contributed by atoms with Crippen LogP contribution in [0.2, 0.25) is 0 Å². The predicted octanol–water partition coefficient (Wildman–Crippen LogP) is 2.48. The predicted molar refractivity (Wildman–Crippen MR) is 138 cm³/mol. The first-order valence-corrected chi connectivity index (χ1v) is 12.6. The van der Waals surface area contributed by atoms with Crippen molar-refractivity contribution in [3.63, 3.8) is 0 Å². The van der Waals surface area contributed by atoms with Gasteiger partial charge in [0.15, 0.2) is 11.9 Å². The SMILES string of the molecule is CN1CCC(CNC(=O)c2nn(C)cc2NC(O)c2cccc(-c3ccnc(NCC4CC4)c3)n2)C1. The molecule has 0 spiro atoms. The number of nitrogens with zero attached hydrogens (tertiary/aromatic N) is 5. The third kappa shape index (κ3) is 6.00. The van der Waals surface area contributed by atoms with Crippen LogP contribution < -0.4 is 16.0 Å². The van der Waals surface area contributed by atoms with Gasteiger partial charge in [-0.3, -0.25) is 9.48 Å². The molecule has 4 N–H and O–H groups in total. The number of carbonyl (C=O) groups is 1. The molecule has 1 aliphatic carbocycles. The van der Waals surface area contributed by atoms with Crippen LogP contribution in [0.15, 0.2) is 42.7 Å². The summed E-state index contributed by atoms with van der Waals surface area (Å²) in [6.07, 6.45) is 5.96. The van der Waals surface area contributed by atoms with Gasteiger partial charge in [-0.2, -0.15) is 5.10 Å². The molecule has 2 fully saturated rings. The molecule has 2 unspecified atom stereocenters. The number of amides is 1. The van der Waals surface area contributed by atoms with E-state index in [9.17, 15) is 9.90 Å². The smallest absolute Gasteiger partial charge is 0.273 e. The standard InChI is InChI=1S/C26H34N8O2/c1-33-11-9-18(15-33)14-29-26(36)24-22(16-34(2)32-24)31-25(35)21-5-3-4-20(30-21)19-8-10-27-23(12-19)28-13-17-6-7-17/h3-5,8,10,12,16-18,25,31,35H,6-7,9,11,13-15H2,1-2H3,(H,27,28)(H,29,36). The summed E-state index contributed by atoms with van der Waals surface area (Å²) in [5.41, 5.74) is 2.79. The fraction of sp³-hybridized carbons (Fsp3) is 0.462. The Kier molecular flexibility index (Phi) is 7.15. The molecule has 1 aliphatic heterocycles. The van der Waals surface area contributed by atoms with Crippen molar-refractivity contribution in [1.82, 2.24) is 30.0 Å². The van der Waals surface area contributed by atoms with Gasteiger partial charge in [0.2, 0.25) is 0 Å². The zero-order valence-electron chi connectivity index (χ0n) is 20.8. The molecule has 190 valence electrons. The fourth-order valence-corrected chi connectivity index (χ4v) is 4.52. The Morgan fingerprint density at radius 3 is 2.81 bits per heavy atom. The number of aromatic nitrogens is 4. The van der Waals surface area contributed by atoms with Gasteiger partial charge in [0.05, 0.1) is 17.1 Å². The number of hydrogen-bond donors (Lipinski definition) is 4. The molecular weight excluding hydrogens is 456 g/mol. The summed E-state index contributed by atoms with van der Waals surface area (Å²) < 4.78 is 1.56. The fourth-order valence-electron chi connectivity index (χ4n) is 4.52. The van der Waals surface area contributed by atoms with Crippen molar-refractivity contribution in [2.75, 3.05) is 43.9 Å². The van der Waals surface area contributed by atoms with E-state index in [0.717, 1.165) is 49.0 Å². The minimum absolute atomic E-state index is 0.250. The van der Waals surface area contributed by atoms with Crippen LogP contribution in [0.1, 0.15) is 41.7 Å². The van der Waals surface area contributed by atoms with E-state index in [-0.39, 0.29) is 11.6 Å². The first kappa shape index (κ1) is 24.2. The van der Waals surface area contributed by atoms with E-state index in [2.05, 4.69) is 43.0 Å². The van der Waals surface area contributed by atoms with Gasteiger partial charge < -0.3 is 26.0 Å². The van der Waals surface area contributed by atoms with Crippen molar-refractivity contribution in [2.24, 2.45) is 18.9 Å². The maximum atomic E-state index is 12.9. The van der Waals surface area contributed by atoms with Gasteiger partial charge in [0.25, 0.3) is 5.91 Å². The highest BCUT2D eigenvalue weighted by Crippen LogP contribution is 2.29. The number of likely N-dealkylation sites (tertiary alicyclic amines) is 1. The molecular formula is C26H34N8O2. The second-order valence-electron chi connectivity index (χ2n) is 9.94. The molecule has 0 bridgehead atoms. The Labute approximate surface area is 211 Å². The van der Waals surface area contributed by atoms with E-state index >= 15 is 0 Å². The Morgan fingerprint density at radius 2 is 2.03 bits per heavy atom. The number of nitrogens with one attached hydrogen (secondary N) is 3. The van der Waals surface area contributed by atoms with Crippen LogP contribution in [0.3, 0.4) is 0 Å². The summed E-state index contributed by atoms with van der Waals surface area (Å²) in [7, 11) is 3.84. The first-order chi connectivity index (χ1) is 17.4. The first-order valence-electron chi connectivity index (χ1n) is 12.6. The topological polar surface area (TPSA) is 120 Å². The number of aryl methyl sites for hydroxylation is 1. The van der Waals surface area contributed by atoms with Crippen LogP contribution in [0.25, 0.3) is 11.3 Å². The number of aliphatic hydroxyl groups excluding tert-OH is 1. The number of hydrogen-bond acceptors (Lipinski definition) is 8. The van der Waals surface area contributed by atoms with Crippen molar-refractivity contribution in [3.05, 3.63) is 54.1 Å². The highest BCUT2D eigenvalue weighted by molar-refractivity contribution is 5.97. The second-order valence-corrected chi connectivity index (χ2v) is 9.94. The minimum atomic E-state index is -1.11. The molecule has 4 heterocycles. The number of aliphatic hydroxyl groups is 1. The summed E-state index contributed by atoms with van der Waals surface area (Å²) in [6.45, 7) is 3.57. The molecule has 0 radical (unpaired) electrons. The molecule has 5 rings (SSSR count). The van der Waals surface area contributed by atoms with Gasteiger partial charge in [-0.25, -0.2) is 9.97 Å². The van der Waals surface area contributed by atoms with E-state index < -0.39 is 6.23 Å². The van der Waals surface area contributed by atoms with Gasteiger partial charge in [0.1, 0.15) is 5.82 Å². The number of rotatable bonds is 10. The summed E-state index contributed by atoms with van der Waals surface area (Å²) in [4.78, 5) is 24.2. The minimum Gasteiger partial charge on any atom is -0.370 e. The van der Waals surface area contributed by atoms with Gasteiger partial charge in [-0.05, 0) is 69.0 Å². The number of anilines is 2. The maximum Gasteiger partial charge on any atom is 0.273 e. The van der Waals surface area contributed by atoms with Gasteiger partial charge >= 0.3 is 0 Å². The molecule has 10 heteroatoms. The number of carbonyl (C=O) groups excluding carboxylic acids is 1. The lowest BCUT2D eigenvalue weighted by Gasteiger charge is -2.15. The Hall–Kier alpha value is -3.50. The van der Waals surface area contributed by atoms with Crippen LogP contribution >= 0.6 is 0 Å². The Bertz CT molecular complexity index is 1210. The van der Waals surface area contributed by atoms with Crippen molar-refractivity contribution < 1.29 is 9.90 Å². The monoisotopic (exact) mass is 490 g/mol. The zero-order chi connectivity index (χ0) is 25.1. The molecule has 36 heavy (non-hydrogen) atoms. The third-order valence-corrected chi connectivity index (χ3v) is 6.75. The molecule has 3 aromatic heterocycles. The van der Waals surface area contributed by atoms with E-state index in [4.69, 9.17) is 0 Å². The van der Waals surface area contributed by atoms with E-state index in [0.29, 0.717) is 23.8 Å². The molecule has 1 saturated heterocycles. The molecule has 2 aliphatic rings. The quantitative estimate of drug-likeness (QED) is 0.320. The van der Waals surface area contributed by atoms with Crippen molar-refractivity contribution in [2.45, 2.75) is 25.5 Å². The largest absolute Gasteiger partial charge is 0.370 e. The summed E-state index contributed by atoms with van der Waals surface area (Å²) in [6, 6.07) is 9.39. The summed E-state index contributed by atoms with van der Waals surface area (Å²) in [5.74, 6) is 1.75. The van der Waals surface area contributed by atoms with E-state index in [1.807, 2.05) is 24.3 Å². The van der Waals surface area contributed by atoms with Gasteiger partial charge in [0, 0.05) is 44.6 Å². The van der Waals surface area contributed by atoms with Crippen LogP contribution in [-0.4, -0.2) is 68.9 Å². The maximum absolute atomic E-state index is 12.9. The molecule has 2 atom stereocenters. The van der Waals surface area contributed by atoms with Gasteiger partial charge in [-0.1, -0.05) is 6.07 Å². The molecule has 1 saturated carbocycles. The summed E-state index contributed by atoms with van der Waals surface area (Å²) in [5, 5.41) is 24.6. The zero-order valence-corrected chi connectivity index (χ0v) is 20.8. The van der Waals surface area contributed by atoms with Crippen LogP contribution in [0, 0.1) is 11.8 Å². The average molecular weight is 491 g/mol. The Balaban J connectivity index is 1.25. The van der Waals surface area contributed by atoms with E-state index in [1.54, 1.807) is 30.2 Å². The van der Waals surface area contributed by atoms with Crippen molar-refractivity contribution in [3.8, 4) is 11.3 Å². The highest BCUT2D eigenvalue weighted by Gasteiger charge is 2.23. The molecule has 0 aromatic carbocycles. The lowest BCUT2D eigenvalue weighted by molar-refractivity contribution is 0.0942. The molecule has 3 aromatic rings. The molecule has 10 nitrogen and oxygen atoms in total. The van der Waals surface area contributed by atoms with Crippen molar-refractivity contribution in [1.29, 1.82) is 0 Å². The normalized spacial score (nSPS) is 18.7. The lowest BCUT2D eigenvalue weighted by atomic mass is 10.1. The average Bonchev–Trinajstić information content (AvgIpc) is 3.52. The van der Waals surface area contributed by atoms with Crippen molar-refractivity contribution >= 4 is 17.4 Å².